The van der Waals surface area contributed by atoms with Crippen LogP contribution in [0.15, 0.2) is 59.6 Å². The number of amides is 1. The van der Waals surface area contributed by atoms with Crippen molar-refractivity contribution in [3.05, 3.63) is 70.8 Å². The minimum absolute atomic E-state index is 0.103. The lowest BCUT2D eigenvalue weighted by Crippen LogP contribution is -2.55. The summed E-state index contributed by atoms with van der Waals surface area (Å²) in [4.78, 5) is 17.6. The van der Waals surface area contributed by atoms with Crippen molar-refractivity contribution < 1.29 is 9.53 Å². The Bertz CT molecular complexity index is 899. The molecule has 0 unspecified atom stereocenters. The molecule has 0 aliphatic carbocycles. The number of likely N-dealkylation sites (tertiary alicyclic amines) is 2. The molecule has 0 aromatic heterocycles. The molecule has 1 amide bonds. The number of nitrogens with zero attached hydrogens (tertiary/aromatic N) is 2. The van der Waals surface area contributed by atoms with Crippen molar-refractivity contribution in [2.75, 3.05) is 33.3 Å². The molecule has 0 bridgehead atoms. The predicted molar refractivity (Wildman–Crippen MR) is 122 cm³/mol. The van der Waals surface area contributed by atoms with E-state index in [0.29, 0.717) is 17.5 Å². The minimum atomic E-state index is 0.103. The summed E-state index contributed by atoms with van der Waals surface area (Å²) >= 11 is 6.61. The number of carbonyl (C=O) groups is 1. The Morgan fingerprint density at radius 2 is 1.97 bits per heavy atom. The molecule has 0 saturated carbocycles. The van der Waals surface area contributed by atoms with E-state index in [1.165, 1.54) is 6.42 Å². The Labute approximate surface area is 184 Å². The Morgan fingerprint density at radius 1 is 1.13 bits per heavy atom. The second-order valence-corrected chi connectivity index (χ2v) is 8.70. The molecule has 2 aliphatic rings. The van der Waals surface area contributed by atoms with E-state index in [0.717, 1.165) is 55.4 Å². The number of benzene rings is 2. The molecule has 2 aliphatic heterocycles. The molecule has 4 nitrogen and oxygen atoms in total. The number of halogens is 1. The normalized spacial score (nSPS) is 22.5. The van der Waals surface area contributed by atoms with Gasteiger partial charge in [-0.1, -0.05) is 48.0 Å². The summed E-state index contributed by atoms with van der Waals surface area (Å²) in [5.74, 6) is 1.33. The molecule has 2 heterocycles. The smallest absolute Gasteiger partial charge is 0.253 e. The minimum Gasteiger partial charge on any atom is -0.497 e. The quantitative estimate of drug-likeness (QED) is 0.684. The summed E-state index contributed by atoms with van der Waals surface area (Å²) in [6.07, 6.45) is 5.38. The Morgan fingerprint density at radius 3 is 2.77 bits per heavy atom. The van der Waals surface area contributed by atoms with Crippen molar-refractivity contribution in [3.63, 3.8) is 0 Å². The zero-order valence-electron chi connectivity index (χ0n) is 17.5. The molecule has 4 rings (SSSR count). The van der Waals surface area contributed by atoms with Crippen LogP contribution < -0.4 is 4.74 Å². The van der Waals surface area contributed by atoms with Crippen LogP contribution in [0.3, 0.4) is 0 Å². The molecule has 2 atom stereocenters. The van der Waals surface area contributed by atoms with Crippen molar-refractivity contribution in [1.29, 1.82) is 0 Å². The highest BCUT2D eigenvalue weighted by Crippen LogP contribution is 2.32. The largest absolute Gasteiger partial charge is 0.497 e. The lowest BCUT2D eigenvalue weighted by Gasteiger charge is -2.47. The fourth-order valence-electron chi connectivity index (χ4n) is 4.80. The average molecular weight is 425 g/mol. The highest BCUT2D eigenvalue weighted by molar-refractivity contribution is 6.31. The Hall–Kier alpha value is -2.30. The zero-order valence-corrected chi connectivity index (χ0v) is 18.2. The SMILES string of the molecule is COc1cccc(C(=O)N2CC[C@@H]3[C@H](CCCN3CC(Cl)=Cc3ccccc3)C2)c1. The highest BCUT2D eigenvalue weighted by atomic mass is 35.5. The Kier molecular flexibility index (Phi) is 6.76. The summed E-state index contributed by atoms with van der Waals surface area (Å²) in [6, 6.07) is 18.2. The number of carbonyl (C=O) groups excluding carboxylic acids is 1. The topological polar surface area (TPSA) is 32.8 Å². The van der Waals surface area contributed by atoms with Crippen LogP contribution in [-0.2, 0) is 0 Å². The first-order chi connectivity index (χ1) is 14.6. The van der Waals surface area contributed by atoms with Crippen LogP contribution in [0.2, 0.25) is 0 Å². The van der Waals surface area contributed by atoms with Gasteiger partial charge in [0.05, 0.1) is 7.11 Å². The predicted octanol–water partition coefficient (Wildman–Crippen LogP) is 4.90. The fraction of sp³-hybridized carbons (Fsp3) is 0.400. The molecular formula is C25H29ClN2O2. The van der Waals surface area contributed by atoms with Gasteiger partial charge in [0, 0.05) is 36.3 Å². The van der Waals surface area contributed by atoms with Crippen molar-refractivity contribution in [2.24, 2.45) is 5.92 Å². The van der Waals surface area contributed by atoms with Crippen LogP contribution in [0, 0.1) is 5.92 Å². The number of fused-ring (bicyclic) bond motifs is 1. The van der Waals surface area contributed by atoms with Gasteiger partial charge in [-0.3, -0.25) is 9.69 Å². The first-order valence-corrected chi connectivity index (χ1v) is 11.1. The average Bonchev–Trinajstić information content (AvgIpc) is 2.79. The summed E-state index contributed by atoms with van der Waals surface area (Å²) in [5, 5.41) is 0.872. The molecule has 2 aromatic rings. The molecule has 2 aromatic carbocycles. The zero-order chi connectivity index (χ0) is 20.9. The Balaban J connectivity index is 1.40. The maximum absolute atomic E-state index is 13.0. The number of hydrogen-bond acceptors (Lipinski definition) is 3. The summed E-state index contributed by atoms with van der Waals surface area (Å²) in [5.41, 5.74) is 1.84. The van der Waals surface area contributed by atoms with Crippen LogP contribution in [0.4, 0.5) is 0 Å². The van der Waals surface area contributed by atoms with E-state index in [2.05, 4.69) is 23.1 Å². The first-order valence-electron chi connectivity index (χ1n) is 10.7. The van der Waals surface area contributed by atoms with Crippen molar-refractivity contribution in [2.45, 2.75) is 25.3 Å². The maximum atomic E-state index is 13.0. The number of methoxy groups -OCH3 is 1. The van der Waals surface area contributed by atoms with Gasteiger partial charge in [0.2, 0.25) is 0 Å². The first kappa shape index (κ1) is 21.0. The van der Waals surface area contributed by atoms with Gasteiger partial charge in [0.1, 0.15) is 5.75 Å². The standard InChI is InChI=1S/C25H29ClN2O2/c1-30-23-11-5-9-20(16-23)25(29)28-14-12-24-21(17-28)10-6-13-27(24)18-22(26)15-19-7-3-2-4-8-19/h2-5,7-9,11,15-16,21,24H,6,10,12-14,17-18H2,1H3/t21-,24-/m1/s1. The van der Waals surface area contributed by atoms with Crippen molar-refractivity contribution >= 4 is 23.6 Å². The van der Waals surface area contributed by atoms with Gasteiger partial charge < -0.3 is 9.64 Å². The van der Waals surface area contributed by atoms with Crippen LogP contribution in [0.1, 0.15) is 35.2 Å². The van der Waals surface area contributed by atoms with E-state index in [4.69, 9.17) is 16.3 Å². The molecule has 0 spiro atoms. The van der Waals surface area contributed by atoms with E-state index in [9.17, 15) is 4.79 Å². The molecular weight excluding hydrogens is 396 g/mol. The van der Waals surface area contributed by atoms with E-state index in [-0.39, 0.29) is 5.91 Å². The van der Waals surface area contributed by atoms with Gasteiger partial charge in [0.15, 0.2) is 0 Å². The molecule has 2 fully saturated rings. The molecule has 5 heteroatoms. The van der Waals surface area contributed by atoms with E-state index in [1.54, 1.807) is 7.11 Å². The second-order valence-electron chi connectivity index (χ2n) is 8.21. The van der Waals surface area contributed by atoms with Gasteiger partial charge >= 0.3 is 0 Å². The third kappa shape index (κ3) is 4.88. The third-order valence-electron chi connectivity index (χ3n) is 6.26. The number of ether oxygens (including phenoxy) is 1. The lowest BCUT2D eigenvalue weighted by atomic mass is 9.83. The van der Waals surface area contributed by atoms with Crippen LogP contribution >= 0.6 is 11.6 Å². The van der Waals surface area contributed by atoms with Gasteiger partial charge in [-0.05, 0) is 61.6 Å². The fourth-order valence-corrected chi connectivity index (χ4v) is 5.08. The van der Waals surface area contributed by atoms with Crippen molar-refractivity contribution in [3.8, 4) is 5.75 Å². The van der Waals surface area contributed by atoms with E-state index < -0.39 is 0 Å². The lowest BCUT2D eigenvalue weighted by molar-refractivity contribution is 0.0257. The summed E-state index contributed by atoms with van der Waals surface area (Å²) in [6.45, 7) is 3.45. The highest BCUT2D eigenvalue weighted by Gasteiger charge is 2.37. The van der Waals surface area contributed by atoms with Gasteiger partial charge in [0.25, 0.3) is 5.91 Å². The second kappa shape index (κ2) is 9.67. The molecule has 158 valence electrons. The molecule has 30 heavy (non-hydrogen) atoms. The van der Waals surface area contributed by atoms with E-state index >= 15 is 0 Å². The summed E-state index contributed by atoms with van der Waals surface area (Å²) in [7, 11) is 1.63. The van der Waals surface area contributed by atoms with E-state index in [1.807, 2.05) is 47.4 Å². The number of piperidine rings is 2. The maximum Gasteiger partial charge on any atom is 0.253 e. The molecule has 0 N–H and O–H groups in total. The van der Waals surface area contributed by atoms with Crippen LogP contribution in [0.5, 0.6) is 5.75 Å². The van der Waals surface area contributed by atoms with Gasteiger partial charge in [-0.2, -0.15) is 0 Å². The monoisotopic (exact) mass is 424 g/mol. The van der Waals surface area contributed by atoms with Crippen LogP contribution in [-0.4, -0.2) is 55.0 Å². The van der Waals surface area contributed by atoms with Gasteiger partial charge in [-0.15, -0.1) is 0 Å². The molecule has 2 saturated heterocycles. The van der Waals surface area contributed by atoms with Gasteiger partial charge in [-0.25, -0.2) is 0 Å². The molecule has 0 radical (unpaired) electrons. The third-order valence-corrected chi connectivity index (χ3v) is 6.49. The number of hydrogen-bond donors (Lipinski definition) is 0. The number of rotatable bonds is 5. The van der Waals surface area contributed by atoms with Crippen molar-refractivity contribution in [1.82, 2.24) is 9.80 Å². The van der Waals surface area contributed by atoms with Crippen LogP contribution in [0.25, 0.3) is 6.08 Å². The summed E-state index contributed by atoms with van der Waals surface area (Å²) < 4.78 is 5.28.